The molecule has 0 aliphatic carbocycles. The number of rotatable bonds is 9. The average Bonchev–Trinajstić information content (AvgIpc) is 2.44. The predicted molar refractivity (Wildman–Crippen MR) is 77.2 cm³/mol. The van der Waals surface area contributed by atoms with Crippen LogP contribution in [0.4, 0.5) is 0 Å². The monoisotopic (exact) mass is 264 g/mol. The van der Waals surface area contributed by atoms with Crippen molar-refractivity contribution in [3.05, 3.63) is 29.8 Å². The van der Waals surface area contributed by atoms with Gasteiger partial charge in [-0.25, -0.2) is 0 Å². The number of amides is 1. The molecule has 2 N–H and O–H groups in total. The van der Waals surface area contributed by atoms with E-state index in [-0.39, 0.29) is 12.5 Å². The Morgan fingerprint density at radius 3 is 2.58 bits per heavy atom. The molecule has 1 amide bonds. The molecule has 0 radical (unpaired) electrons. The standard InChI is InChI=1S/C15H24N2O2/c1-3-5-10-17-15(18)12-19-14-8-6-13(7-9-14)11-16-4-2/h6-9,16H,3-5,10-12H2,1-2H3,(H,17,18). The lowest BCUT2D eigenvalue weighted by Gasteiger charge is -2.08. The predicted octanol–water partition coefficient (Wildman–Crippen LogP) is 2.09. The van der Waals surface area contributed by atoms with E-state index in [1.807, 2.05) is 24.3 Å². The highest BCUT2D eigenvalue weighted by atomic mass is 16.5. The maximum Gasteiger partial charge on any atom is 0.257 e. The van der Waals surface area contributed by atoms with Crippen molar-refractivity contribution < 1.29 is 9.53 Å². The zero-order valence-electron chi connectivity index (χ0n) is 11.9. The summed E-state index contributed by atoms with van der Waals surface area (Å²) in [6, 6.07) is 7.80. The van der Waals surface area contributed by atoms with Crippen LogP contribution in [0.1, 0.15) is 32.3 Å². The molecule has 1 aromatic carbocycles. The number of hydrogen-bond acceptors (Lipinski definition) is 3. The number of nitrogens with one attached hydrogen (secondary N) is 2. The van der Waals surface area contributed by atoms with Crippen molar-refractivity contribution in [2.24, 2.45) is 0 Å². The first-order valence-electron chi connectivity index (χ1n) is 6.95. The lowest BCUT2D eigenvalue weighted by atomic mass is 10.2. The molecular formula is C15H24N2O2. The minimum Gasteiger partial charge on any atom is -0.484 e. The van der Waals surface area contributed by atoms with Crippen molar-refractivity contribution in [1.29, 1.82) is 0 Å². The molecule has 4 nitrogen and oxygen atoms in total. The average molecular weight is 264 g/mol. The van der Waals surface area contributed by atoms with Crippen LogP contribution in [0.2, 0.25) is 0 Å². The lowest BCUT2D eigenvalue weighted by Crippen LogP contribution is -2.29. The van der Waals surface area contributed by atoms with Gasteiger partial charge in [0.25, 0.3) is 5.91 Å². The van der Waals surface area contributed by atoms with E-state index in [1.54, 1.807) is 0 Å². The molecule has 0 fully saturated rings. The zero-order chi connectivity index (χ0) is 13.9. The van der Waals surface area contributed by atoms with E-state index in [1.165, 1.54) is 5.56 Å². The fourth-order valence-corrected chi connectivity index (χ4v) is 1.58. The van der Waals surface area contributed by atoms with Gasteiger partial charge < -0.3 is 15.4 Å². The fourth-order valence-electron chi connectivity index (χ4n) is 1.58. The summed E-state index contributed by atoms with van der Waals surface area (Å²) in [4.78, 5) is 11.5. The molecule has 1 aromatic rings. The Kier molecular flexibility index (Phi) is 7.66. The van der Waals surface area contributed by atoms with Crippen LogP contribution in [0.25, 0.3) is 0 Å². The van der Waals surface area contributed by atoms with Gasteiger partial charge in [0.1, 0.15) is 5.75 Å². The number of unbranched alkanes of at least 4 members (excludes halogenated alkanes) is 1. The molecule has 0 aliphatic rings. The molecule has 0 aliphatic heterocycles. The van der Waals surface area contributed by atoms with Crippen molar-refractivity contribution in [3.63, 3.8) is 0 Å². The van der Waals surface area contributed by atoms with Gasteiger partial charge >= 0.3 is 0 Å². The second kappa shape index (κ2) is 9.39. The summed E-state index contributed by atoms with van der Waals surface area (Å²) >= 11 is 0. The minimum absolute atomic E-state index is 0.0647. The van der Waals surface area contributed by atoms with Gasteiger partial charge in [-0.05, 0) is 30.7 Å². The number of carbonyl (C=O) groups excluding carboxylic acids is 1. The minimum atomic E-state index is -0.0647. The molecule has 19 heavy (non-hydrogen) atoms. The first-order chi connectivity index (χ1) is 9.26. The lowest BCUT2D eigenvalue weighted by molar-refractivity contribution is -0.123. The zero-order valence-corrected chi connectivity index (χ0v) is 11.9. The van der Waals surface area contributed by atoms with E-state index in [0.29, 0.717) is 0 Å². The molecular weight excluding hydrogens is 240 g/mol. The summed E-state index contributed by atoms with van der Waals surface area (Å²) in [5, 5.41) is 6.08. The normalized spacial score (nSPS) is 10.2. The molecule has 106 valence electrons. The Labute approximate surface area is 115 Å². The van der Waals surface area contributed by atoms with Crippen LogP contribution in [0, 0.1) is 0 Å². The van der Waals surface area contributed by atoms with E-state index in [0.717, 1.165) is 38.2 Å². The molecule has 4 heteroatoms. The van der Waals surface area contributed by atoms with E-state index in [4.69, 9.17) is 4.74 Å². The van der Waals surface area contributed by atoms with Gasteiger partial charge in [-0.2, -0.15) is 0 Å². The smallest absolute Gasteiger partial charge is 0.257 e. The van der Waals surface area contributed by atoms with E-state index in [9.17, 15) is 4.79 Å². The molecule has 0 bridgehead atoms. The highest BCUT2D eigenvalue weighted by Crippen LogP contribution is 2.11. The van der Waals surface area contributed by atoms with Crippen LogP contribution in [-0.4, -0.2) is 25.6 Å². The molecule has 0 saturated heterocycles. The van der Waals surface area contributed by atoms with Crippen molar-refractivity contribution in [3.8, 4) is 5.75 Å². The van der Waals surface area contributed by atoms with Gasteiger partial charge in [0.15, 0.2) is 6.61 Å². The molecule has 0 spiro atoms. The van der Waals surface area contributed by atoms with E-state index >= 15 is 0 Å². The molecule has 0 saturated carbocycles. The van der Waals surface area contributed by atoms with Gasteiger partial charge in [-0.1, -0.05) is 32.4 Å². The number of carbonyl (C=O) groups is 1. The summed E-state index contributed by atoms with van der Waals surface area (Å²) < 4.78 is 5.43. The SMILES string of the molecule is CCCCNC(=O)COc1ccc(CNCC)cc1. The van der Waals surface area contributed by atoms with E-state index in [2.05, 4.69) is 24.5 Å². The first-order valence-corrected chi connectivity index (χ1v) is 6.95. The van der Waals surface area contributed by atoms with Crippen LogP contribution in [0.3, 0.4) is 0 Å². The Morgan fingerprint density at radius 1 is 1.21 bits per heavy atom. The van der Waals surface area contributed by atoms with Gasteiger partial charge in [-0.3, -0.25) is 4.79 Å². The van der Waals surface area contributed by atoms with Crippen molar-refractivity contribution in [1.82, 2.24) is 10.6 Å². The molecule has 0 atom stereocenters. The second-order valence-corrected chi connectivity index (χ2v) is 4.42. The van der Waals surface area contributed by atoms with Gasteiger partial charge in [0.2, 0.25) is 0 Å². The second-order valence-electron chi connectivity index (χ2n) is 4.42. The first kappa shape index (κ1) is 15.5. The molecule has 0 aromatic heterocycles. The summed E-state index contributed by atoms with van der Waals surface area (Å²) in [6.07, 6.45) is 2.08. The number of hydrogen-bond donors (Lipinski definition) is 2. The van der Waals surface area contributed by atoms with Crippen LogP contribution in [0.5, 0.6) is 5.75 Å². The maximum atomic E-state index is 11.5. The van der Waals surface area contributed by atoms with Crippen molar-refractivity contribution >= 4 is 5.91 Å². The molecule has 0 heterocycles. The Morgan fingerprint density at radius 2 is 1.95 bits per heavy atom. The summed E-state index contributed by atoms with van der Waals surface area (Å²) in [5.74, 6) is 0.663. The van der Waals surface area contributed by atoms with Crippen molar-refractivity contribution in [2.45, 2.75) is 33.2 Å². The largest absolute Gasteiger partial charge is 0.484 e. The Bertz CT molecular complexity index is 363. The van der Waals surface area contributed by atoms with Gasteiger partial charge in [-0.15, -0.1) is 0 Å². The van der Waals surface area contributed by atoms with Gasteiger partial charge in [0.05, 0.1) is 0 Å². The topological polar surface area (TPSA) is 50.4 Å². The highest BCUT2D eigenvalue weighted by Gasteiger charge is 2.01. The third-order valence-corrected chi connectivity index (χ3v) is 2.72. The number of benzene rings is 1. The quantitative estimate of drug-likeness (QED) is 0.672. The summed E-state index contributed by atoms with van der Waals surface area (Å²) in [7, 11) is 0. The number of ether oxygens (including phenoxy) is 1. The third kappa shape index (κ3) is 6.82. The summed E-state index contributed by atoms with van der Waals surface area (Å²) in [5.41, 5.74) is 1.21. The fraction of sp³-hybridized carbons (Fsp3) is 0.533. The Hall–Kier alpha value is -1.55. The van der Waals surface area contributed by atoms with Gasteiger partial charge in [0, 0.05) is 13.1 Å². The molecule has 0 unspecified atom stereocenters. The summed E-state index contributed by atoms with van der Waals surface area (Å²) in [6.45, 7) is 6.79. The van der Waals surface area contributed by atoms with Crippen molar-refractivity contribution in [2.75, 3.05) is 19.7 Å². The highest BCUT2D eigenvalue weighted by molar-refractivity contribution is 5.77. The maximum absolute atomic E-state index is 11.5. The molecule has 1 rings (SSSR count). The van der Waals surface area contributed by atoms with Crippen LogP contribution in [0.15, 0.2) is 24.3 Å². The van der Waals surface area contributed by atoms with E-state index < -0.39 is 0 Å². The van der Waals surface area contributed by atoms with Crippen LogP contribution >= 0.6 is 0 Å². The third-order valence-electron chi connectivity index (χ3n) is 2.72. The Balaban J connectivity index is 2.27. The van der Waals surface area contributed by atoms with Crippen LogP contribution < -0.4 is 15.4 Å². The van der Waals surface area contributed by atoms with Crippen LogP contribution in [-0.2, 0) is 11.3 Å².